The van der Waals surface area contributed by atoms with E-state index in [1.54, 1.807) is 47.1 Å². The predicted molar refractivity (Wildman–Crippen MR) is 227 cm³/mol. The fraction of sp³-hybridized carbons (Fsp3) is 0.225. The van der Waals surface area contributed by atoms with E-state index in [1.807, 2.05) is 48.6 Å². The molecule has 18 heteroatoms. The predicted octanol–water partition coefficient (Wildman–Crippen LogP) is 10.6. The molecule has 0 spiro atoms. The molecule has 0 aliphatic rings. The number of benzene rings is 3. The van der Waals surface area contributed by atoms with E-state index in [0.29, 0.717) is 49.6 Å². The Hall–Kier alpha value is -4.57. The fourth-order valence-corrected chi connectivity index (χ4v) is 7.37. The van der Waals surface area contributed by atoms with Crippen molar-refractivity contribution in [3.8, 4) is 17.1 Å². The lowest BCUT2D eigenvalue weighted by Gasteiger charge is -2.07. The molecule has 304 valence electrons. The first-order chi connectivity index (χ1) is 27.5. The number of nitrogens with one attached hydrogen (secondary N) is 2. The van der Waals surface area contributed by atoms with Crippen molar-refractivity contribution >= 4 is 68.2 Å². The van der Waals surface area contributed by atoms with E-state index >= 15 is 0 Å². The van der Waals surface area contributed by atoms with Crippen molar-refractivity contribution in [2.24, 2.45) is 12.9 Å². The van der Waals surface area contributed by atoms with E-state index in [2.05, 4.69) is 46.9 Å². The number of aromatic amines is 1. The van der Waals surface area contributed by atoms with Crippen LogP contribution in [-0.2, 0) is 19.9 Å². The lowest BCUT2D eigenvalue weighted by Crippen LogP contribution is -2.31. The number of carbonyl (C=O) groups is 1. The maximum Gasteiger partial charge on any atom is 0.273 e. The van der Waals surface area contributed by atoms with Gasteiger partial charge < -0.3 is 4.52 Å². The molecule has 1 amide bonds. The molecule has 11 nitrogen and oxygen atoms in total. The third kappa shape index (κ3) is 9.48. The normalized spacial score (nSPS) is 10.9. The SMILES string of the molecule is Cc1n[nH]c(C)c1Cc1c(F)cccc1Cl.Cc1nn(-c2onc(-c3c(Cl)cccc3Cl)c2C(=O)NN)c(C)c1Br.Cc1nn(C)c(C)c1Cc1c(F)cccc1Cl. The molecule has 7 rings (SSSR count). The van der Waals surface area contributed by atoms with E-state index in [9.17, 15) is 13.6 Å². The van der Waals surface area contributed by atoms with E-state index in [0.717, 1.165) is 49.8 Å². The first-order valence-corrected chi connectivity index (χ1v) is 19.8. The lowest BCUT2D eigenvalue weighted by atomic mass is 10.0. The monoisotopic (exact) mass is 933 g/mol. The van der Waals surface area contributed by atoms with Gasteiger partial charge in [-0.1, -0.05) is 69.8 Å². The lowest BCUT2D eigenvalue weighted by molar-refractivity contribution is 0.0953. The third-order valence-corrected chi connectivity index (χ3v) is 11.9. The van der Waals surface area contributed by atoms with Crippen LogP contribution in [0.4, 0.5) is 8.78 Å². The number of nitrogens with zero attached hydrogens (tertiary/aromatic N) is 6. The zero-order chi connectivity index (χ0) is 42.6. The smallest absolute Gasteiger partial charge is 0.273 e. The Bertz CT molecular complexity index is 2540. The molecular formula is C40H38BrCl4F2N9O2. The van der Waals surface area contributed by atoms with Crippen molar-refractivity contribution in [3.63, 3.8) is 0 Å². The van der Waals surface area contributed by atoms with E-state index in [1.165, 1.54) is 16.8 Å². The summed E-state index contributed by atoms with van der Waals surface area (Å²) >= 11 is 27.9. The van der Waals surface area contributed by atoms with Gasteiger partial charge in [-0.25, -0.2) is 19.3 Å². The molecular weight excluding hydrogens is 898 g/mol. The van der Waals surface area contributed by atoms with Gasteiger partial charge in [-0.15, -0.1) is 0 Å². The van der Waals surface area contributed by atoms with Crippen LogP contribution in [-0.4, -0.2) is 40.8 Å². The van der Waals surface area contributed by atoms with Gasteiger partial charge in [-0.3, -0.25) is 20.0 Å². The molecule has 0 saturated heterocycles. The van der Waals surface area contributed by atoms with Crippen LogP contribution in [0, 0.1) is 53.2 Å². The summed E-state index contributed by atoms with van der Waals surface area (Å²) in [6, 6.07) is 14.5. The summed E-state index contributed by atoms with van der Waals surface area (Å²) in [7, 11) is 1.88. The molecule has 4 aromatic heterocycles. The molecule has 3 aromatic carbocycles. The number of nitrogens with two attached hydrogens (primary N) is 1. The molecule has 7 aromatic rings. The van der Waals surface area contributed by atoms with Crippen LogP contribution < -0.4 is 11.3 Å². The minimum Gasteiger partial charge on any atom is -0.335 e. The molecule has 58 heavy (non-hydrogen) atoms. The van der Waals surface area contributed by atoms with Crippen molar-refractivity contribution in [2.75, 3.05) is 0 Å². The quantitative estimate of drug-likeness (QED) is 0.0819. The molecule has 0 aliphatic heterocycles. The summed E-state index contributed by atoms with van der Waals surface area (Å²) in [4.78, 5) is 12.4. The number of amides is 1. The number of aromatic nitrogens is 7. The van der Waals surface area contributed by atoms with Crippen LogP contribution in [0.1, 0.15) is 66.8 Å². The number of aryl methyl sites for hydroxylation is 5. The number of hydrazine groups is 1. The van der Waals surface area contributed by atoms with Gasteiger partial charge in [0.15, 0.2) is 0 Å². The second kappa shape index (κ2) is 19.0. The Morgan fingerprint density at radius 1 is 0.776 bits per heavy atom. The number of hydrogen-bond donors (Lipinski definition) is 3. The Morgan fingerprint density at radius 3 is 1.76 bits per heavy atom. The van der Waals surface area contributed by atoms with Crippen molar-refractivity contribution in [2.45, 2.75) is 54.4 Å². The average molecular weight is 937 g/mol. The molecule has 4 N–H and O–H groups in total. The summed E-state index contributed by atoms with van der Waals surface area (Å²) in [5.74, 6) is 4.30. The second-order valence-corrected chi connectivity index (χ2v) is 15.5. The van der Waals surface area contributed by atoms with Crippen LogP contribution in [0.25, 0.3) is 17.1 Å². The number of rotatable bonds is 7. The minimum absolute atomic E-state index is 0.0793. The van der Waals surface area contributed by atoms with Crippen molar-refractivity contribution in [3.05, 3.63) is 153 Å². The van der Waals surface area contributed by atoms with Gasteiger partial charge in [0.1, 0.15) is 22.9 Å². The number of carbonyl (C=O) groups excluding carboxylic acids is 1. The van der Waals surface area contributed by atoms with E-state index < -0.39 is 5.91 Å². The Morgan fingerprint density at radius 2 is 1.31 bits per heavy atom. The maximum atomic E-state index is 13.7. The van der Waals surface area contributed by atoms with Gasteiger partial charge in [0.2, 0.25) is 0 Å². The Balaban J connectivity index is 0.000000172. The zero-order valence-electron chi connectivity index (χ0n) is 32.3. The van der Waals surface area contributed by atoms with Crippen LogP contribution in [0.2, 0.25) is 20.1 Å². The van der Waals surface area contributed by atoms with Gasteiger partial charge in [0.25, 0.3) is 11.8 Å². The van der Waals surface area contributed by atoms with Crippen molar-refractivity contribution < 1.29 is 18.1 Å². The van der Waals surface area contributed by atoms with Crippen LogP contribution in [0.15, 0.2) is 63.6 Å². The molecule has 0 radical (unpaired) electrons. The topological polar surface area (TPSA) is 145 Å². The highest BCUT2D eigenvalue weighted by atomic mass is 79.9. The Kier molecular flexibility index (Phi) is 14.6. The first kappa shape index (κ1) is 44.5. The zero-order valence-corrected chi connectivity index (χ0v) is 36.9. The van der Waals surface area contributed by atoms with Gasteiger partial charge in [-0.2, -0.15) is 15.3 Å². The number of H-pyrrole nitrogens is 1. The minimum atomic E-state index is -0.606. The average Bonchev–Trinajstić information content (AvgIpc) is 3.89. The highest BCUT2D eigenvalue weighted by molar-refractivity contribution is 9.10. The fourth-order valence-electron chi connectivity index (χ4n) is 6.08. The van der Waals surface area contributed by atoms with Crippen molar-refractivity contribution in [1.29, 1.82) is 0 Å². The summed E-state index contributed by atoms with van der Waals surface area (Å²) in [5, 5.41) is 21.2. The molecule has 0 bridgehead atoms. The van der Waals surface area contributed by atoms with Crippen LogP contribution >= 0.6 is 62.3 Å². The highest BCUT2D eigenvalue weighted by Crippen LogP contribution is 2.38. The van der Waals surface area contributed by atoms with Gasteiger partial charge in [0, 0.05) is 69.1 Å². The number of nitrogen functional groups attached to an aromatic ring is 1. The third-order valence-electron chi connectivity index (χ3n) is 9.40. The highest BCUT2D eigenvalue weighted by Gasteiger charge is 2.29. The molecule has 4 heterocycles. The van der Waals surface area contributed by atoms with Gasteiger partial charge in [0.05, 0.1) is 37.3 Å². The molecule has 0 saturated carbocycles. The van der Waals surface area contributed by atoms with Crippen molar-refractivity contribution in [1.82, 2.24) is 40.3 Å². The van der Waals surface area contributed by atoms with Gasteiger partial charge >= 0.3 is 0 Å². The van der Waals surface area contributed by atoms with Gasteiger partial charge in [-0.05, 0) is 93.9 Å². The van der Waals surface area contributed by atoms with Crippen LogP contribution in [0.5, 0.6) is 0 Å². The molecule has 0 unspecified atom stereocenters. The summed E-state index contributed by atoms with van der Waals surface area (Å²) < 4.78 is 36.8. The van der Waals surface area contributed by atoms with E-state index in [4.69, 9.17) is 56.8 Å². The second-order valence-electron chi connectivity index (χ2n) is 13.1. The maximum absolute atomic E-state index is 13.7. The summed E-state index contributed by atoms with van der Waals surface area (Å²) in [6.07, 6.45) is 0.955. The molecule has 0 aliphatic carbocycles. The largest absolute Gasteiger partial charge is 0.335 e. The standard InChI is InChI=1S/C15H12BrCl2N5O2.C13H14ClFN2.C12H12ClFN2/c1-6-12(16)7(2)23(21-6)15-11(14(24)20-19)13(22-25-15)10-8(17)4-3-5-9(10)18;1-8-10(9(2)17(3)16-8)7-11-12(14)5-4-6-13(11)15;1-7-9(8(2)16-15-7)6-10-11(13)4-3-5-12(10)14/h3-5H,19H2,1-2H3,(H,20,24);4-6H,7H2,1-3H3;3-5H,6H2,1-2H3,(H,15,16). The van der Waals surface area contributed by atoms with E-state index in [-0.39, 0.29) is 28.8 Å². The number of halogens is 7. The summed E-state index contributed by atoms with van der Waals surface area (Å²) in [6.45, 7) is 11.4. The molecule has 0 fully saturated rings. The Labute approximate surface area is 361 Å². The first-order valence-electron chi connectivity index (χ1n) is 17.5. The van der Waals surface area contributed by atoms with Crippen LogP contribution in [0.3, 0.4) is 0 Å². The molecule has 0 atom stereocenters. The summed E-state index contributed by atoms with van der Waals surface area (Å²) in [5.41, 5.74) is 11.1. The number of hydrogen-bond acceptors (Lipinski definition) is 7.